The van der Waals surface area contributed by atoms with Crippen LogP contribution in [-0.2, 0) is 0 Å². The molecule has 1 aliphatic carbocycles. The van der Waals surface area contributed by atoms with Gasteiger partial charge in [0.25, 0.3) is 0 Å². The van der Waals surface area contributed by atoms with Crippen molar-refractivity contribution in [2.24, 2.45) is 17.8 Å². The molecule has 1 N–H and O–H groups in total. The molecule has 21 heavy (non-hydrogen) atoms. The second-order valence-electron chi connectivity index (χ2n) is 7.88. The first-order valence-electron chi connectivity index (χ1n) is 9.13. The van der Waals surface area contributed by atoms with Crippen LogP contribution in [0.15, 0.2) is 0 Å². The summed E-state index contributed by atoms with van der Waals surface area (Å²) in [6.07, 6.45) is 5.51. The second kappa shape index (κ2) is 7.94. The number of nitrogens with one attached hydrogen (secondary N) is 1. The highest BCUT2D eigenvalue weighted by atomic mass is 15.2. The fraction of sp³-hybridized carbons (Fsp3) is 1.00. The molecule has 2 fully saturated rings. The Morgan fingerprint density at radius 2 is 2.00 bits per heavy atom. The van der Waals surface area contributed by atoms with Crippen molar-refractivity contribution in [2.75, 3.05) is 40.3 Å². The SMILES string of the molecule is CCNC1CC(C)CC(C)C1CN(C)C1CCCN(C)C1. The zero-order valence-corrected chi connectivity index (χ0v) is 14.9. The van der Waals surface area contributed by atoms with Crippen LogP contribution in [0.1, 0.15) is 46.5 Å². The first-order valence-corrected chi connectivity index (χ1v) is 9.13. The fourth-order valence-corrected chi connectivity index (χ4v) is 4.70. The van der Waals surface area contributed by atoms with Crippen LogP contribution < -0.4 is 5.32 Å². The first-order chi connectivity index (χ1) is 10.0. The summed E-state index contributed by atoms with van der Waals surface area (Å²) in [5, 5.41) is 3.78. The third kappa shape index (κ3) is 4.67. The Kier molecular flexibility index (Phi) is 6.51. The molecule has 2 rings (SSSR count). The van der Waals surface area contributed by atoms with Gasteiger partial charge in [-0.1, -0.05) is 20.8 Å². The molecule has 2 aliphatic rings. The topological polar surface area (TPSA) is 18.5 Å². The molecular formula is C18H37N3. The molecule has 0 aromatic rings. The minimum absolute atomic E-state index is 0.720. The van der Waals surface area contributed by atoms with Crippen molar-refractivity contribution in [1.29, 1.82) is 0 Å². The maximum atomic E-state index is 3.78. The number of hydrogen-bond donors (Lipinski definition) is 1. The Hall–Kier alpha value is -0.120. The van der Waals surface area contributed by atoms with E-state index in [1.165, 1.54) is 45.3 Å². The lowest BCUT2D eigenvalue weighted by atomic mass is 9.72. The molecular weight excluding hydrogens is 258 g/mol. The van der Waals surface area contributed by atoms with Crippen molar-refractivity contribution >= 4 is 0 Å². The van der Waals surface area contributed by atoms with Crippen LogP contribution in [0.2, 0.25) is 0 Å². The van der Waals surface area contributed by atoms with Gasteiger partial charge in [-0.25, -0.2) is 0 Å². The molecule has 1 aliphatic heterocycles. The van der Waals surface area contributed by atoms with E-state index in [4.69, 9.17) is 0 Å². The normalized spacial score (nSPS) is 38.9. The van der Waals surface area contributed by atoms with Gasteiger partial charge in [0.15, 0.2) is 0 Å². The van der Waals surface area contributed by atoms with Crippen LogP contribution in [0, 0.1) is 17.8 Å². The summed E-state index contributed by atoms with van der Waals surface area (Å²) in [5.74, 6) is 2.55. The van der Waals surface area contributed by atoms with E-state index in [1.807, 2.05) is 0 Å². The molecule has 3 heteroatoms. The fourth-order valence-electron chi connectivity index (χ4n) is 4.70. The van der Waals surface area contributed by atoms with Gasteiger partial charge in [0.05, 0.1) is 0 Å². The van der Waals surface area contributed by atoms with Crippen molar-refractivity contribution in [1.82, 2.24) is 15.1 Å². The lowest BCUT2D eigenvalue weighted by molar-refractivity contribution is 0.0701. The van der Waals surface area contributed by atoms with Crippen LogP contribution in [0.4, 0.5) is 0 Å². The molecule has 5 unspecified atom stereocenters. The van der Waals surface area contributed by atoms with E-state index in [9.17, 15) is 0 Å². The van der Waals surface area contributed by atoms with Crippen LogP contribution in [0.3, 0.4) is 0 Å². The van der Waals surface area contributed by atoms with Gasteiger partial charge in [-0.3, -0.25) is 0 Å². The van der Waals surface area contributed by atoms with Crippen molar-refractivity contribution in [3.63, 3.8) is 0 Å². The minimum Gasteiger partial charge on any atom is -0.314 e. The summed E-state index contributed by atoms with van der Waals surface area (Å²) in [4.78, 5) is 5.16. The van der Waals surface area contributed by atoms with Crippen molar-refractivity contribution in [3.8, 4) is 0 Å². The maximum absolute atomic E-state index is 3.78. The number of hydrogen-bond acceptors (Lipinski definition) is 3. The van der Waals surface area contributed by atoms with E-state index < -0.39 is 0 Å². The van der Waals surface area contributed by atoms with Gasteiger partial charge in [0.2, 0.25) is 0 Å². The predicted molar refractivity (Wildman–Crippen MR) is 91.7 cm³/mol. The molecule has 5 atom stereocenters. The Labute approximate surface area is 132 Å². The Morgan fingerprint density at radius 3 is 2.67 bits per heavy atom. The summed E-state index contributed by atoms with van der Waals surface area (Å²) >= 11 is 0. The maximum Gasteiger partial charge on any atom is 0.0220 e. The van der Waals surface area contributed by atoms with Crippen molar-refractivity contribution in [2.45, 2.75) is 58.5 Å². The molecule has 0 spiro atoms. The Balaban J connectivity index is 1.94. The molecule has 0 aromatic carbocycles. The molecule has 124 valence electrons. The van der Waals surface area contributed by atoms with Crippen LogP contribution in [-0.4, -0.2) is 62.2 Å². The van der Waals surface area contributed by atoms with E-state index in [1.54, 1.807) is 0 Å². The van der Waals surface area contributed by atoms with Gasteiger partial charge in [-0.05, 0) is 70.6 Å². The summed E-state index contributed by atoms with van der Waals surface area (Å²) in [6.45, 7) is 12.1. The Morgan fingerprint density at radius 1 is 1.24 bits per heavy atom. The van der Waals surface area contributed by atoms with Gasteiger partial charge in [0.1, 0.15) is 0 Å². The average molecular weight is 296 g/mol. The van der Waals surface area contributed by atoms with Crippen LogP contribution in [0.25, 0.3) is 0 Å². The zero-order chi connectivity index (χ0) is 15.4. The van der Waals surface area contributed by atoms with Crippen LogP contribution in [0.5, 0.6) is 0 Å². The summed E-state index contributed by atoms with van der Waals surface area (Å²) in [7, 11) is 4.63. The van der Waals surface area contributed by atoms with Gasteiger partial charge >= 0.3 is 0 Å². The molecule has 0 aromatic heterocycles. The molecule has 1 heterocycles. The smallest absolute Gasteiger partial charge is 0.0220 e. The third-order valence-electron chi connectivity index (χ3n) is 5.87. The number of nitrogens with zero attached hydrogens (tertiary/aromatic N) is 2. The largest absolute Gasteiger partial charge is 0.314 e. The van der Waals surface area contributed by atoms with E-state index in [0.717, 1.165) is 36.4 Å². The molecule has 0 radical (unpaired) electrons. The molecule has 1 saturated carbocycles. The average Bonchev–Trinajstić information content (AvgIpc) is 2.42. The van der Waals surface area contributed by atoms with Crippen molar-refractivity contribution < 1.29 is 0 Å². The van der Waals surface area contributed by atoms with E-state index in [0.29, 0.717) is 0 Å². The number of likely N-dealkylation sites (N-methyl/N-ethyl adjacent to an activating group) is 2. The molecule has 3 nitrogen and oxygen atoms in total. The number of likely N-dealkylation sites (tertiary alicyclic amines) is 1. The van der Waals surface area contributed by atoms with Crippen LogP contribution >= 0.6 is 0 Å². The lowest BCUT2D eigenvalue weighted by Gasteiger charge is -2.44. The highest BCUT2D eigenvalue weighted by Gasteiger charge is 2.35. The zero-order valence-electron chi connectivity index (χ0n) is 14.9. The van der Waals surface area contributed by atoms with E-state index in [-0.39, 0.29) is 0 Å². The van der Waals surface area contributed by atoms with E-state index in [2.05, 4.69) is 50.0 Å². The Bertz CT molecular complexity index is 307. The van der Waals surface area contributed by atoms with Gasteiger partial charge in [0, 0.05) is 25.2 Å². The highest BCUT2D eigenvalue weighted by Crippen LogP contribution is 2.34. The molecule has 1 saturated heterocycles. The standard InChI is InChI=1S/C18H37N3/c1-6-19-18-11-14(2)10-15(3)17(18)13-21(5)16-8-7-9-20(4)12-16/h14-19H,6-13H2,1-5H3. The molecule has 0 bridgehead atoms. The van der Waals surface area contributed by atoms with Crippen molar-refractivity contribution in [3.05, 3.63) is 0 Å². The third-order valence-corrected chi connectivity index (χ3v) is 5.87. The highest BCUT2D eigenvalue weighted by molar-refractivity contribution is 4.90. The minimum atomic E-state index is 0.720. The number of rotatable bonds is 5. The van der Waals surface area contributed by atoms with Gasteiger partial charge in [-0.2, -0.15) is 0 Å². The lowest BCUT2D eigenvalue weighted by Crippen LogP contribution is -2.52. The van der Waals surface area contributed by atoms with Gasteiger partial charge < -0.3 is 15.1 Å². The summed E-state index contributed by atoms with van der Waals surface area (Å²) in [5.41, 5.74) is 0. The summed E-state index contributed by atoms with van der Waals surface area (Å²) < 4.78 is 0. The number of piperidine rings is 1. The van der Waals surface area contributed by atoms with E-state index >= 15 is 0 Å². The van der Waals surface area contributed by atoms with Gasteiger partial charge in [-0.15, -0.1) is 0 Å². The predicted octanol–water partition coefficient (Wildman–Crippen LogP) is 2.67. The second-order valence-corrected chi connectivity index (χ2v) is 7.88. The first kappa shape index (κ1) is 17.2. The quantitative estimate of drug-likeness (QED) is 0.841. The summed E-state index contributed by atoms with van der Waals surface area (Å²) in [6, 6.07) is 1.48. The monoisotopic (exact) mass is 295 g/mol. The molecule has 0 amide bonds.